The number of anilines is 1. The molecule has 2 aromatic rings. The number of aliphatic imine (C=N–C) groups is 1. The molecule has 1 unspecified atom stereocenters. The summed E-state index contributed by atoms with van der Waals surface area (Å²) in [7, 11) is 0. The summed E-state index contributed by atoms with van der Waals surface area (Å²) < 4.78 is 1.89. The standard InChI is InChI=1S/C18H25ClN6.HI/c1-2-20-18(21-9-12-25-10-4-8-22-25)23-16-7-11-24(14-16)17-6-3-5-15(19)13-17;/h3-6,8,10,13,16H,2,7,9,11-12,14H2,1H3,(H2,20,21,23);1H. The first-order valence-corrected chi connectivity index (χ1v) is 9.15. The topological polar surface area (TPSA) is 57.5 Å². The van der Waals surface area contributed by atoms with Gasteiger partial charge in [-0.15, -0.1) is 24.0 Å². The van der Waals surface area contributed by atoms with Crippen molar-refractivity contribution in [2.24, 2.45) is 4.99 Å². The molecule has 1 atom stereocenters. The second kappa shape index (κ2) is 10.6. The molecule has 6 nitrogen and oxygen atoms in total. The zero-order valence-electron chi connectivity index (χ0n) is 14.9. The van der Waals surface area contributed by atoms with Crippen LogP contribution in [0, 0.1) is 0 Å². The summed E-state index contributed by atoms with van der Waals surface area (Å²) in [5.41, 5.74) is 1.18. The van der Waals surface area contributed by atoms with Crippen LogP contribution in [0.4, 0.5) is 5.69 Å². The van der Waals surface area contributed by atoms with E-state index in [0.717, 1.165) is 43.6 Å². The van der Waals surface area contributed by atoms with E-state index in [1.165, 1.54) is 5.69 Å². The van der Waals surface area contributed by atoms with Crippen molar-refractivity contribution in [2.75, 3.05) is 31.1 Å². The van der Waals surface area contributed by atoms with Crippen LogP contribution in [0.3, 0.4) is 0 Å². The molecule has 0 saturated carbocycles. The molecule has 3 rings (SSSR count). The molecule has 0 radical (unpaired) electrons. The highest BCUT2D eigenvalue weighted by molar-refractivity contribution is 14.0. The summed E-state index contributed by atoms with van der Waals surface area (Å²) in [5, 5.41) is 11.9. The smallest absolute Gasteiger partial charge is 0.191 e. The van der Waals surface area contributed by atoms with Crippen LogP contribution in [0.2, 0.25) is 5.02 Å². The zero-order valence-corrected chi connectivity index (χ0v) is 18.0. The van der Waals surface area contributed by atoms with Crippen molar-refractivity contribution in [3.05, 3.63) is 47.7 Å². The molecule has 1 saturated heterocycles. The van der Waals surface area contributed by atoms with E-state index in [4.69, 9.17) is 11.6 Å². The van der Waals surface area contributed by atoms with Crippen LogP contribution < -0.4 is 15.5 Å². The van der Waals surface area contributed by atoms with Crippen LogP contribution in [0.15, 0.2) is 47.7 Å². The van der Waals surface area contributed by atoms with Crippen LogP contribution in [-0.4, -0.2) is 48.0 Å². The monoisotopic (exact) mass is 488 g/mol. The molecule has 1 aromatic heterocycles. The Morgan fingerprint density at radius 3 is 3.00 bits per heavy atom. The van der Waals surface area contributed by atoms with Gasteiger partial charge in [0, 0.05) is 48.8 Å². The first kappa shape index (κ1) is 20.8. The van der Waals surface area contributed by atoms with Crippen molar-refractivity contribution in [2.45, 2.75) is 25.9 Å². The second-order valence-electron chi connectivity index (χ2n) is 6.09. The van der Waals surface area contributed by atoms with E-state index in [-0.39, 0.29) is 24.0 Å². The Labute approximate surface area is 177 Å². The average molecular weight is 489 g/mol. The first-order valence-electron chi connectivity index (χ1n) is 8.77. The molecule has 142 valence electrons. The highest BCUT2D eigenvalue weighted by Gasteiger charge is 2.23. The molecular formula is C18H26ClIN6. The largest absolute Gasteiger partial charge is 0.369 e. The highest BCUT2D eigenvalue weighted by atomic mass is 127. The number of hydrogen-bond donors (Lipinski definition) is 2. The van der Waals surface area contributed by atoms with E-state index < -0.39 is 0 Å². The van der Waals surface area contributed by atoms with Gasteiger partial charge in [-0.25, -0.2) is 0 Å². The fourth-order valence-corrected chi connectivity index (χ4v) is 3.18. The van der Waals surface area contributed by atoms with Gasteiger partial charge in [0.25, 0.3) is 0 Å². The van der Waals surface area contributed by atoms with Gasteiger partial charge in [0.15, 0.2) is 5.96 Å². The molecule has 0 aliphatic carbocycles. The minimum atomic E-state index is 0. The van der Waals surface area contributed by atoms with Gasteiger partial charge in [0.2, 0.25) is 0 Å². The van der Waals surface area contributed by atoms with Gasteiger partial charge in [0.1, 0.15) is 0 Å². The third-order valence-corrected chi connectivity index (χ3v) is 4.44. The lowest BCUT2D eigenvalue weighted by Gasteiger charge is -2.20. The van der Waals surface area contributed by atoms with Crippen LogP contribution in [0.1, 0.15) is 13.3 Å². The van der Waals surface area contributed by atoms with E-state index in [0.29, 0.717) is 12.6 Å². The predicted octanol–water partition coefficient (Wildman–Crippen LogP) is 2.99. The quantitative estimate of drug-likeness (QED) is 0.373. The van der Waals surface area contributed by atoms with Crippen LogP contribution in [-0.2, 0) is 6.54 Å². The molecule has 2 N–H and O–H groups in total. The maximum absolute atomic E-state index is 6.11. The van der Waals surface area contributed by atoms with Gasteiger partial charge in [0.05, 0.1) is 13.1 Å². The Bertz CT molecular complexity index is 691. The Morgan fingerprint density at radius 1 is 1.38 bits per heavy atom. The van der Waals surface area contributed by atoms with Crippen molar-refractivity contribution >= 4 is 47.2 Å². The van der Waals surface area contributed by atoms with Crippen molar-refractivity contribution in [1.82, 2.24) is 20.4 Å². The molecule has 1 aromatic carbocycles. The lowest BCUT2D eigenvalue weighted by atomic mass is 10.3. The predicted molar refractivity (Wildman–Crippen MR) is 119 cm³/mol. The first-order chi connectivity index (χ1) is 12.2. The summed E-state index contributed by atoms with van der Waals surface area (Å²) in [5.74, 6) is 0.868. The van der Waals surface area contributed by atoms with Gasteiger partial charge in [-0.3, -0.25) is 9.67 Å². The molecule has 0 spiro atoms. The maximum Gasteiger partial charge on any atom is 0.191 e. The second-order valence-corrected chi connectivity index (χ2v) is 6.52. The molecule has 2 heterocycles. The number of halogens is 2. The maximum atomic E-state index is 6.11. The normalized spacial score (nSPS) is 17.1. The molecule has 0 amide bonds. The molecule has 1 fully saturated rings. The number of hydrogen-bond acceptors (Lipinski definition) is 3. The van der Waals surface area contributed by atoms with Crippen molar-refractivity contribution in [3.63, 3.8) is 0 Å². The zero-order chi connectivity index (χ0) is 17.5. The minimum absolute atomic E-state index is 0. The fraction of sp³-hybridized carbons (Fsp3) is 0.444. The Hall–Kier alpha value is -1.48. The molecule has 8 heteroatoms. The van der Waals surface area contributed by atoms with Gasteiger partial charge in [-0.1, -0.05) is 17.7 Å². The van der Waals surface area contributed by atoms with Crippen LogP contribution in [0.5, 0.6) is 0 Å². The summed E-state index contributed by atoms with van der Waals surface area (Å²) in [6.45, 7) is 6.37. The van der Waals surface area contributed by atoms with E-state index in [1.807, 2.05) is 35.1 Å². The number of benzene rings is 1. The van der Waals surface area contributed by atoms with Gasteiger partial charge in [-0.05, 0) is 37.6 Å². The van der Waals surface area contributed by atoms with Gasteiger partial charge in [-0.2, -0.15) is 5.10 Å². The molecule has 26 heavy (non-hydrogen) atoms. The molecule has 1 aliphatic rings. The average Bonchev–Trinajstić information content (AvgIpc) is 3.27. The number of aromatic nitrogens is 2. The lowest BCUT2D eigenvalue weighted by Crippen LogP contribution is -2.44. The number of rotatable bonds is 6. The van der Waals surface area contributed by atoms with E-state index in [9.17, 15) is 0 Å². The molecule has 0 bridgehead atoms. The third-order valence-electron chi connectivity index (χ3n) is 4.20. The number of nitrogens with one attached hydrogen (secondary N) is 2. The molecule has 1 aliphatic heterocycles. The van der Waals surface area contributed by atoms with Crippen molar-refractivity contribution in [1.29, 1.82) is 0 Å². The van der Waals surface area contributed by atoms with Crippen molar-refractivity contribution < 1.29 is 0 Å². The van der Waals surface area contributed by atoms with Crippen LogP contribution >= 0.6 is 35.6 Å². The van der Waals surface area contributed by atoms with Gasteiger partial charge >= 0.3 is 0 Å². The highest BCUT2D eigenvalue weighted by Crippen LogP contribution is 2.23. The Morgan fingerprint density at radius 2 is 2.27 bits per heavy atom. The van der Waals surface area contributed by atoms with Crippen molar-refractivity contribution in [3.8, 4) is 0 Å². The van der Waals surface area contributed by atoms with E-state index >= 15 is 0 Å². The van der Waals surface area contributed by atoms with E-state index in [2.05, 4.69) is 38.6 Å². The third kappa shape index (κ3) is 6.05. The minimum Gasteiger partial charge on any atom is -0.369 e. The summed E-state index contributed by atoms with van der Waals surface area (Å²) in [6, 6.07) is 10.3. The summed E-state index contributed by atoms with van der Waals surface area (Å²) in [4.78, 5) is 7.02. The molecular weight excluding hydrogens is 463 g/mol. The Balaban J connectivity index is 0.00000243. The number of guanidine groups is 1. The fourth-order valence-electron chi connectivity index (χ4n) is 3.00. The summed E-state index contributed by atoms with van der Waals surface area (Å²) >= 11 is 6.11. The van der Waals surface area contributed by atoms with Crippen LogP contribution in [0.25, 0.3) is 0 Å². The summed E-state index contributed by atoms with van der Waals surface area (Å²) in [6.07, 6.45) is 4.82. The number of nitrogens with zero attached hydrogens (tertiary/aromatic N) is 4. The SMILES string of the molecule is CCNC(=NCCn1cccn1)NC1CCN(c2cccc(Cl)c2)C1.I. The lowest BCUT2D eigenvalue weighted by molar-refractivity contribution is 0.613. The van der Waals surface area contributed by atoms with E-state index in [1.54, 1.807) is 6.20 Å². The van der Waals surface area contributed by atoms with Gasteiger partial charge < -0.3 is 15.5 Å². The Kier molecular flexibility index (Phi) is 8.50.